The number of para-hydroxylation sites is 1. The molecule has 0 saturated carbocycles. The number of carbonyl (C=O) groups excluding carboxylic acids is 3. The molecule has 6 radical (unpaired) electrons. The number of hydrogen-bond donors (Lipinski definition) is 4. The molecule has 8 heterocycles. The van der Waals surface area contributed by atoms with E-state index in [1.165, 1.54) is 106 Å². The molecule has 16 nitrogen and oxygen atoms in total. The van der Waals surface area contributed by atoms with Gasteiger partial charge in [0.15, 0.2) is 17.3 Å². The third-order valence-electron chi connectivity index (χ3n) is 18.3. The molecule has 0 aliphatic carbocycles. The number of fused-ring (bicyclic) bond motifs is 1. The predicted octanol–water partition coefficient (Wildman–Crippen LogP) is 27.5. The van der Waals surface area contributed by atoms with Crippen LogP contribution in [0.5, 0.6) is 5.75 Å². The number of aliphatic hydroxyl groups is 3. The van der Waals surface area contributed by atoms with Crippen LogP contribution in [0.3, 0.4) is 0 Å². The quantitative estimate of drug-likeness (QED) is 0.0477. The molecule has 143 heavy (non-hydrogen) atoms. The zero-order valence-corrected chi connectivity index (χ0v) is 96.4. The second-order valence-electron chi connectivity index (χ2n) is 30.0. The summed E-state index contributed by atoms with van der Waals surface area (Å²) in [6.45, 7) is 14.7. The first-order chi connectivity index (χ1) is 65.7. The first kappa shape index (κ1) is 128. The van der Waals surface area contributed by atoms with Gasteiger partial charge in [0.2, 0.25) is 0 Å². The van der Waals surface area contributed by atoms with Crippen LogP contribution in [0.15, 0.2) is 425 Å². The number of aromatic nitrogens is 8. The number of phenols is 1. The van der Waals surface area contributed by atoms with Crippen LogP contribution < -0.4 is 4.90 Å². The van der Waals surface area contributed by atoms with Crippen LogP contribution >= 0.6 is 0 Å². The van der Waals surface area contributed by atoms with Crippen molar-refractivity contribution >= 4 is 33.8 Å². The smallest absolute Gasteiger partial charge is 0.155 e. The summed E-state index contributed by atoms with van der Waals surface area (Å²) in [6, 6.07) is 129. The SMILES string of the molecule is CC(=O)C=C(C)O.CC(=O)C=C(C)O.CC(=O)C=C(C)O.CN(C)c1ccnc(-c2[c-]cc(F)cc2)c1.Cc1c[c-]c(-c2ccccn2)cc1.Cc1cc[c-]c(-c2ccccn2)c1.Cc1ccnc(-c2[c-]cc(F)cc2)c1.Oc1ccccc1-c1ccccc1.[Ir].[Ir].[Ir].[Ir].[Ir].[Ir].[Pt].[c-]1c(-c2ccccn2)cccc1-c1ccccn1.[c-]1ccccc1-c1ccccn1.[c-]1ccccc1-c1nccc2ccccc12. The van der Waals surface area contributed by atoms with Gasteiger partial charge in [0.1, 0.15) is 5.75 Å². The van der Waals surface area contributed by atoms with Gasteiger partial charge >= 0.3 is 0 Å². The normalized spacial score (nSPS) is 9.78. The minimum absolute atomic E-state index is 0. The number of hydrogen-bond acceptors (Lipinski definition) is 16. The number of aliphatic hydroxyl groups excluding tert-OH is 3. The van der Waals surface area contributed by atoms with Crippen LogP contribution in [0.1, 0.15) is 58.2 Å². The van der Waals surface area contributed by atoms with Crippen molar-refractivity contribution < 1.29 is 185 Å². The van der Waals surface area contributed by atoms with E-state index in [1.807, 2.05) is 305 Å². The maximum Gasteiger partial charge on any atom is 0.155 e. The van der Waals surface area contributed by atoms with Crippen molar-refractivity contribution in [3.8, 4) is 107 Å². The van der Waals surface area contributed by atoms with E-state index in [9.17, 15) is 28.3 Å². The van der Waals surface area contributed by atoms with E-state index >= 15 is 0 Å². The van der Waals surface area contributed by atoms with Crippen molar-refractivity contribution in [1.29, 1.82) is 0 Å². The Hall–Kier alpha value is -12.7. The molecule has 18 aromatic rings. The van der Waals surface area contributed by atoms with Gasteiger partial charge in [-0.3, -0.25) is 33.1 Å². The number of ketones is 3. The van der Waals surface area contributed by atoms with E-state index in [-0.39, 0.29) is 188 Å². The molecule has 0 spiro atoms. The van der Waals surface area contributed by atoms with Crippen LogP contribution in [0.2, 0.25) is 0 Å². The second-order valence-corrected chi connectivity index (χ2v) is 30.0. The molecule has 0 saturated heterocycles. The maximum absolute atomic E-state index is 12.8. The van der Waals surface area contributed by atoms with Crippen molar-refractivity contribution in [2.24, 2.45) is 0 Å². The largest absolute Gasteiger partial charge is 0.512 e. The van der Waals surface area contributed by atoms with Crippen LogP contribution in [0, 0.1) is 74.9 Å². The number of halogens is 2. The van der Waals surface area contributed by atoms with E-state index < -0.39 is 0 Å². The minimum atomic E-state index is -0.285. The van der Waals surface area contributed by atoms with Crippen molar-refractivity contribution in [1.82, 2.24) is 39.9 Å². The number of phenolic OH excluding ortho intramolecular Hbond substituents is 1. The third kappa shape index (κ3) is 49.7. The molecule has 4 N–H and O–H groups in total. The molecule has 0 fully saturated rings. The molecular formula is C118H104F2Ir6N9O7Pt-7. The summed E-state index contributed by atoms with van der Waals surface area (Å²) >= 11 is 0. The van der Waals surface area contributed by atoms with Crippen molar-refractivity contribution in [3.05, 3.63) is 496 Å². The van der Waals surface area contributed by atoms with Crippen LogP contribution in [-0.4, -0.2) is 91.7 Å². The summed E-state index contributed by atoms with van der Waals surface area (Å²) < 4.78 is 25.4. The molecule has 0 bridgehead atoms. The molecule has 0 atom stereocenters. The summed E-state index contributed by atoms with van der Waals surface area (Å²) in [6.07, 6.45) is 17.8. The van der Waals surface area contributed by atoms with Crippen molar-refractivity contribution in [2.75, 3.05) is 19.0 Å². The van der Waals surface area contributed by atoms with Gasteiger partial charge in [-0.15, -0.1) is 226 Å². The number of anilines is 1. The van der Waals surface area contributed by atoms with E-state index in [4.69, 9.17) is 15.3 Å². The Labute approximate surface area is 933 Å². The van der Waals surface area contributed by atoms with Gasteiger partial charge in [0.05, 0.1) is 17.3 Å². The van der Waals surface area contributed by atoms with Crippen molar-refractivity contribution in [2.45, 2.75) is 62.3 Å². The Bertz CT molecular complexity index is 6560. The van der Waals surface area contributed by atoms with Crippen LogP contribution in [0.4, 0.5) is 14.5 Å². The van der Waals surface area contributed by atoms with Gasteiger partial charge < -0.3 is 55.2 Å². The number of carbonyl (C=O) groups is 3. The first-order valence-corrected chi connectivity index (χ1v) is 43.0. The molecule has 8 aromatic heterocycles. The van der Waals surface area contributed by atoms with Crippen LogP contribution in [-0.2, 0) is 156 Å². The third-order valence-corrected chi connectivity index (χ3v) is 18.3. The molecule has 748 valence electrons. The average molecular weight is 3150 g/mol. The second kappa shape index (κ2) is 72.6. The first-order valence-electron chi connectivity index (χ1n) is 43.0. The predicted molar refractivity (Wildman–Crippen MR) is 543 cm³/mol. The number of allylic oxidation sites excluding steroid dienone is 6. The topological polar surface area (TPSA) is 238 Å². The fourth-order valence-corrected chi connectivity index (χ4v) is 12.1. The molecule has 10 aromatic carbocycles. The molecule has 0 aliphatic heterocycles. The van der Waals surface area contributed by atoms with Gasteiger partial charge in [0.25, 0.3) is 0 Å². The van der Waals surface area contributed by atoms with E-state index in [0.29, 0.717) is 5.75 Å². The Morgan fingerprint density at radius 1 is 0.308 bits per heavy atom. The molecule has 25 heteroatoms. The number of aryl methyl sites for hydroxylation is 3. The Balaban J connectivity index is 0.000000791. The number of pyridine rings is 8. The standard InChI is InChI=1S/C16H11N2.C15H10N.C13H12FN2.C12H9FN.2C12H10N.C12H10O.C11H8N.3C5H8O2.6Ir.Pt/c1-3-10-17-15(8-1)13-6-5-7-14(12-13)16-9-2-4-11-18-16;1-2-7-13(8-3-1)15-14-9-5-4-6-12(14)10-11-16-15;1-16(2)12-7-8-15-13(9-12)10-3-5-11(14)6-4-10;1-9-6-7-14-12(8-9)10-2-4-11(13)5-3-10;1-10-5-4-6-11(9-10)12-7-2-3-8-13-12;1-10-5-7-11(8-6-10)12-4-2-3-9-13-12;13-12-9-5-4-8-11(12)10-6-2-1-3-7-10;1-2-6-10(7-3-1)11-8-4-5-9-12-11;3*1-4(6)3-5(2)7;;;;;;;/h1-11H;1-7,9-11H;3,5-9H,1-2H3;2,4-8H,1H3;2-5,7-9H,1H3;2-7,9H,1H3;1-9,13H;1-6,8-9H;3*3,6H,1-2H3;;;;;;;/q6*-1;;-1;;;;;;;;;;. The van der Waals surface area contributed by atoms with Crippen molar-refractivity contribution in [3.63, 3.8) is 0 Å². The molecule has 18 rings (SSSR count). The van der Waals surface area contributed by atoms with Gasteiger partial charge in [0, 0.05) is 258 Å². The minimum Gasteiger partial charge on any atom is -0.512 e. The number of benzene rings is 10. The maximum atomic E-state index is 12.8. The number of rotatable bonds is 13. The summed E-state index contributed by atoms with van der Waals surface area (Å²) in [7, 11) is 3.93. The summed E-state index contributed by atoms with van der Waals surface area (Å²) in [5.74, 6) is -0.421. The Kier molecular flexibility index (Phi) is 65.1. The number of nitrogens with zero attached hydrogens (tertiary/aromatic N) is 9. The van der Waals surface area contributed by atoms with Gasteiger partial charge in [-0.2, -0.15) is 0 Å². The molecule has 0 amide bonds. The summed E-state index contributed by atoms with van der Waals surface area (Å²) in [5.41, 5.74) is 21.7. The zero-order valence-electron chi connectivity index (χ0n) is 79.8. The molecule has 0 aliphatic rings. The average Bonchev–Trinajstić information content (AvgIpc) is 0.807. The van der Waals surface area contributed by atoms with Crippen LogP contribution in [0.25, 0.3) is 112 Å². The molecule has 0 unspecified atom stereocenters. The summed E-state index contributed by atoms with van der Waals surface area (Å²) in [5, 5.41) is 37.0. The zero-order chi connectivity index (χ0) is 97.6. The Morgan fingerprint density at radius 2 is 0.678 bits per heavy atom. The van der Waals surface area contributed by atoms with Gasteiger partial charge in [-0.25, -0.2) is 0 Å². The fourth-order valence-electron chi connectivity index (χ4n) is 12.1. The van der Waals surface area contributed by atoms with E-state index in [0.717, 1.165) is 112 Å². The monoisotopic (exact) mass is 3150 g/mol. The fraction of sp³-hybridized carbons (Fsp3) is 0.0932. The van der Waals surface area contributed by atoms with Gasteiger partial charge in [-0.05, 0) is 154 Å². The van der Waals surface area contributed by atoms with E-state index in [1.54, 1.807) is 61.6 Å². The number of aromatic hydroxyl groups is 1. The molecular weight excluding hydrogens is 3040 g/mol. The van der Waals surface area contributed by atoms with Gasteiger partial charge in [-0.1, -0.05) is 176 Å². The summed E-state index contributed by atoms with van der Waals surface area (Å²) in [4.78, 5) is 66.3. The van der Waals surface area contributed by atoms with E-state index in [2.05, 4.69) is 120 Å². The Morgan fingerprint density at radius 3 is 1.08 bits per heavy atom.